The van der Waals surface area contributed by atoms with E-state index in [9.17, 15) is 14.4 Å². The van der Waals surface area contributed by atoms with E-state index < -0.39 is 12.0 Å². The molecule has 4 aromatic rings. The average molecular weight is 437 g/mol. The Kier molecular flexibility index (Phi) is 6.60. The number of nitrogens with one attached hydrogen (secondary N) is 1. The lowest BCUT2D eigenvalue weighted by molar-refractivity contribution is -0.142. The molecule has 1 atom stereocenters. The zero-order valence-electron chi connectivity index (χ0n) is 18.2. The van der Waals surface area contributed by atoms with Gasteiger partial charge in [0.05, 0.1) is 7.11 Å². The maximum atomic E-state index is 12.8. The molecule has 0 spiro atoms. The van der Waals surface area contributed by atoms with Gasteiger partial charge in [0.25, 0.3) is 5.91 Å². The molecule has 0 bridgehead atoms. The zero-order chi connectivity index (χ0) is 23.2. The number of carbonyl (C=O) groups is 3. The van der Waals surface area contributed by atoms with Crippen LogP contribution in [0.5, 0.6) is 0 Å². The Balaban J connectivity index is 1.49. The number of ether oxygens (including phenoxy) is 1. The van der Waals surface area contributed by atoms with E-state index in [-0.39, 0.29) is 18.1 Å². The summed E-state index contributed by atoms with van der Waals surface area (Å²) in [5, 5.41) is 4.75. The van der Waals surface area contributed by atoms with Crippen molar-refractivity contribution in [1.29, 1.82) is 0 Å². The Morgan fingerprint density at radius 1 is 0.727 bits per heavy atom. The minimum absolute atomic E-state index is 0.0729. The molecule has 0 saturated heterocycles. The predicted molar refractivity (Wildman–Crippen MR) is 127 cm³/mol. The summed E-state index contributed by atoms with van der Waals surface area (Å²) in [5.74, 6) is -0.961. The first-order valence-electron chi connectivity index (χ1n) is 10.6. The minimum Gasteiger partial charge on any atom is -0.467 e. The Morgan fingerprint density at radius 3 is 2.03 bits per heavy atom. The van der Waals surface area contributed by atoms with Gasteiger partial charge in [-0.3, -0.25) is 9.59 Å². The lowest BCUT2D eigenvalue weighted by Crippen LogP contribution is -2.43. The highest BCUT2D eigenvalue weighted by Gasteiger charge is 2.23. The van der Waals surface area contributed by atoms with Crippen LogP contribution >= 0.6 is 0 Å². The Labute approximate surface area is 192 Å². The van der Waals surface area contributed by atoms with Gasteiger partial charge < -0.3 is 10.1 Å². The SMILES string of the molecule is COC(=O)[C@H](Cc1ccc(C(=O)c2ccccc2)cc1)NC(=O)c1ccc2ccccc2c1. The van der Waals surface area contributed by atoms with Gasteiger partial charge in [-0.25, -0.2) is 4.79 Å². The minimum atomic E-state index is -0.857. The number of fused-ring (bicyclic) bond motifs is 1. The number of amides is 1. The van der Waals surface area contributed by atoms with E-state index in [4.69, 9.17) is 4.74 Å². The monoisotopic (exact) mass is 437 g/mol. The molecule has 4 aromatic carbocycles. The molecule has 0 aliphatic rings. The summed E-state index contributed by atoms with van der Waals surface area (Å²) >= 11 is 0. The molecule has 0 aliphatic carbocycles. The second-order valence-corrected chi connectivity index (χ2v) is 7.71. The van der Waals surface area contributed by atoms with Gasteiger partial charge in [-0.05, 0) is 28.5 Å². The number of benzene rings is 4. The summed E-state index contributed by atoms with van der Waals surface area (Å²) in [5.41, 5.74) is 2.43. The van der Waals surface area contributed by atoms with E-state index in [2.05, 4.69) is 5.32 Å². The summed E-state index contributed by atoms with van der Waals surface area (Å²) in [6.07, 6.45) is 0.242. The van der Waals surface area contributed by atoms with Crippen LogP contribution in [0.25, 0.3) is 10.8 Å². The van der Waals surface area contributed by atoms with Gasteiger partial charge in [-0.1, -0.05) is 84.9 Å². The number of carbonyl (C=O) groups excluding carboxylic acids is 3. The Hall–Kier alpha value is -4.25. The predicted octanol–water partition coefficient (Wildman–Crippen LogP) is 4.58. The van der Waals surface area contributed by atoms with Crippen LogP contribution in [0, 0.1) is 0 Å². The fourth-order valence-corrected chi connectivity index (χ4v) is 3.69. The summed E-state index contributed by atoms with van der Waals surface area (Å²) in [4.78, 5) is 37.8. The maximum Gasteiger partial charge on any atom is 0.328 e. The van der Waals surface area contributed by atoms with E-state index >= 15 is 0 Å². The van der Waals surface area contributed by atoms with E-state index in [1.165, 1.54) is 7.11 Å². The number of hydrogen-bond donors (Lipinski definition) is 1. The third-order valence-corrected chi connectivity index (χ3v) is 5.49. The van der Waals surface area contributed by atoms with Crippen LogP contribution in [-0.4, -0.2) is 30.8 Å². The van der Waals surface area contributed by atoms with Crippen molar-refractivity contribution >= 4 is 28.4 Å². The van der Waals surface area contributed by atoms with E-state index in [1.54, 1.807) is 48.5 Å². The van der Waals surface area contributed by atoms with Crippen molar-refractivity contribution in [3.8, 4) is 0 Å². The molecule has 0 aromatic heterocycles. The van der Waals surface area contributed by atoms with Crippen LogP contribution in [0.15, 0.2) is 97.1 Å². The second kappa shape index (κ2) is 9.92. The van der Waals surface area contributed by atoms with Crippen LogP contribution in [-0.2, 0) is 16.0 Å². The molecule has 164 valence electrons. The van der Waals surface area contributed by atoms with Crippen molar-refractivity contribution in [3.05, 3.63) is 119 Å². The molecule has 5 nitrogen and oxygen atoms in total. The topological polar surface area (TPSA) is 72.5 Å². The first-order chi connectivity index (χ1) is 16.0. The summed E-state index contributed by atoms with van der Waals surface area (Å²) in [6.45, 7) is 0. The maximum absolute atomic E-state index is 12.8. The molecule has 0 radical (unpaired) electrons. The van der Waals surface area contributed by atoms with Gasteiger partial charge in [-0.15, -0.1) is 0 Å². The molecule has 33 heavy (non-hydrogen) atoms. The quantitative estimate of drug-likeness (QED) is 0.339. The molecule has 1 amide bonds. The van der Waals surface area contributed by atoms with Crippen LogP contribution in [0.2, 0.25) is 0 Å². The van der Waals surface area contributed by atoms with Crippen LogP contribution < -0.4 is 5.32 Å². The molecule has 0 saturated carbocycles. The van der Waals surface area contributed by atoms with Crippen molar-refractivity contribution in [2.45, 2.75) is 12.5 Å². The standard InChI is InChI=1S/C28H23NO4/c1-33-28(32)25(29-27(31)24-16-15-20-7-5-6-10-23(20)18-24)17-19-11-13-22(14-12-19)26(30)21-8-3-2-4-9-21/h2-16,18,25H,17H2,1H3,(H,29,31)/t25-/m0/s1. The molecule has 0 aliphatic heterocycles. The molecular formula is C28H23NO4. The number of hydrogen-bond acceptors (Lipinski definition) is 4. The highest BCUT2D eigenvalue weighted by molar-refractivity contribution is 6.09. The molecule has 0 fully saturated rings. The Morgan fingerprint density at radius 2 is 1.33 bits per heavy atom. The zero-order valence-corrected chi connectivity index (χ0v) is 18.2. The highest BCUT2D eigenvalue weighted by Crippen LogP contribution is 2.17. The third kappa shape index (κ3) is 5.15. The molecule has 4 rings (SSSR count). The van der Waals surface area contributed by atoms with Crippen molar-refractivity contribution in [2.24, 2.45) is 0 Å². The van der Waals surface area contributed by atoms with E-state index in [0.717, 1.165) is 16.3 Å². The van der Waals surface area contributed by atoms with Crippen molar-refractivity contribution in [1.82, 2.24) is 5.32 Å². The average Bonchev–Trinajstić information content (AvgIpc) is 2.88. The lowest BCUT2D eigenvalue weighted by atomic mass is 9.99. The fraction of sp³-hybridized carbons (Fsp3) is 0.107. The molecule has 1 N–H and O–H groups in total. The van der Waals surface area contributed by atoms with Crippen LogP contribution in [0.1, 0.15) is 31.8 Å². The van der Waals surface area contributed by atoms with E-state index in [0.29, 0.717) is 16.7 Å². The van der Waals surface area contributed by atoms with Gasteiger partial charge in [0, 0.05) is 23.1 Å². The van der Waals surface area contributed by atoms with Gasteiger partial charge in [0.2, 0.25) is 0 Å². The van der Waals surface area contributed by atoms with E-state index in [1.807, 2.05) is 48.5 Å². The van der Waals surface area contributed by atoms with Crippen LogP contribution in [0.3, 0.4) is 0 Å². The molecule has 5 heteroatoms. The van der Waals surface area contributed by atoms with Crippen molar-refractivity contribution < 1.29 is 19.1 Å². The molecule has 0 heterocycles. The Bertz CT molecular complexity index is 1300. The lowest BCUT2D eigenvalue weighted by Gasteiger charge is -2.17. The van der Waals surface area contributed by atoms with Crippen molar-refractivity contribution in [3.63, 3.8) is 0 Å². The van der Waals surface area contributed by atoms with Crippen molar-refractivity contribution in [2.75, 3.05) is 7.11 Å². The van der Waals surface area contributed by atoms with Gasteiger partial charge >= 0.3 is 5.97 Å². The normalized spacial score (nSPS) is 11.5. The first kappa shape index (κ1) is 22.0. The number of methoxy groups -OCH3 is 1. The summed E-state index contributed by atoms with van der Waals surface area (Å²) in [7, 11) is 1.29. The smallest absolute Gasteiger partial charge is 0.328 e. The van der Waals surface area contributed by atoms with Gasteiger partial charge in [-0.2, -0.15) is 0 Å². The second-order valence-electron chi connectivity index (χ2n) is 7.71. The fourth-order valence-electron chi connectivity index (χ4n) is 3.69. The third-order valence-electron chi connectivity index (χ3n) is 5.49. The molecule has 0 unspecified atom stereocenters. The number of esters is 1. The highest BCUT2D eigenvalue weighted by atomic mass is 16.5. The van der Waals surface area contributed by atoms with Gasteiger partial charge in [0.15, 0.2) is 5.78 Å². The largest absolute Gasteiger partial charge is 0.467 e. The summed E-state index contributed by atoms with van der Waals surface area (Å²) < 4.78 is 4.90. The number of rotatable bonds is 7. The molecular weight excluding hydrogens is 414 g/mol. The van der Waals surface area contributed by atoms with Gasteiger partial charge in [0.1, 0.15) is 6.04 Å². The van der Waals surface area contributed by atoms with Crippen LogP contribution in [0.4, 0.5) is 0 Å². The number of ketones is 1. The first-order valence-corrected chi connectivity index (χ1v) is 10.6. The summed E-state index contributed by atoms with van der Waals surface area (Å²) in [6, 6.07) is 28.4.